The third-order valence-corrected chi connectivity index (χ3v) is 2.29. The number of rotatable bonds is 1. The summed E-state index contributed by atoms with van der Waals surface area (Å²) in [6.07, 6.45) is 1.16. The summed E-state index contributed by atoms with van der Waals surface area (Å²) in [6, 6.07) is 8.72. The lowest BCUT2D eigenvalue weighted by molar-refractivity contribution is 0.411. The van der Waals surface area contributed by atoms with Crippen molar-refractivity contribution in [2.45, 2.75) is 27.2 Å². The maximum atomic E-state index is 2.36. The summed E-state index contributed by atoms with van der Waals surface area (Å²) < 4.78 is 1.33. The molecule has 0 nitrogen and oxygen atoms in total. The van der Waals surface area contributed by atoms with Gasteiger partial charge in [0, 0.05) is 3.57 Å². The van der Waals surface area contributed by atoms with Gasteiger partial charge in [-0.15, -0.1) is 0 Å². The van der Waals surface area contributed by atoms with Crippen molar-refractivity contribution >= 4 is 22.6 Å². The molecule has 0 saturated heterocycles. The molecule has 0 aliphatic heterocycles. The first-order valence-corrected chi connectivity index (χ1v) is 5.30. The van der Waals surface area contributed by atoms with E-state index in [0.29, 0.717) is 5.41 Å². The molecule has 66 valence electrons. The molecule has 0 radical (unpaired) electrons. The average molecular weight is 274 g/mol. The van der Waals surface area contributed by atoms with Crippen LogP contribution in [0.5, 0.6) is 0 Å². The lowest BCUT2D eigenvalue weighted by Crippen LogP contribution is -2.08. The monoisotopic (exact) mass is 274 g/mol. The topological polar surface area (TPSA) is 0 Å². The van der Waals surface area contributed by atoms with E-state index in [1.54, 1.807) is 0 Å². The number of hydrogen-bond acceptors (Lipinski definition) is 0. The van der Waals surface area contributed by atoms with Gasteiger partial charge in [0.05, 0.1) is 0 Å². The number of hydrogen-bond donors (Lipinski definition) is 0. The lowest BCUT2D eigenvalue weighted by Gasteiger charge is -2.17. The molecule has 0 unspecified atom stereocenters. The minimum atomic E-state index is 0.393. The summed E-state index contributed by atoms with van der Waals surface area (Å²) in [6.45, 7) is 6.81. The van der Waals surface area contributed by atoms with Crippen molar-refractivity contribution < 1.29 is 0 Å². The Kier molecular flexibility index (Phi) is 3.16. The molecule has 0 aromatic heterocycles. The van der Waals surface area contributed by atoms with Crippen LogP contribution in [0.1, 0.15) is 26.3 Å². The standard InChI is InChI=1S/C11H15I/c1-11(2,3)8-9-5-4-6-10(12)7-9/h4-7H,8H2,1-3H3. The third kappa shape index (κ3) is 3.57. The van der Waals surface area contributed by atoms with E-state index in [4.69, 9.17) is 0 Å². The Bertz CT molecular complexity index is 258. The van der Waals surface area contributed by atoms with E-state index in [1.165, 1.54) is 9.13 Å². The van der Waals surface area contributed by atoms with Gasteiger partial charge in [-0.1, -0.05) is 32.9 Å². The first-order valence-electron chi connectivity index (χ1n) is 4.22. The van der Waals surface area contributed by atoms with Crippen LogP contribution < -0.4 is 0 Å². The second-order valence-electron chi connectivity index (χ2n) is 4.37. The average Bonchev–Trinajstić information content (AvgIpc) is 1.82. The second-order valence-corrected chi connectivity index (χ2v) is 5.61. The number of halogens is 1. The molecular formula is C11H15I. The third-order valence-electron chi connectivity index (χ3n) is 1.62. The van der Waals surface area contributed by atoms with Gasteiger partial charge in [-0.2, -0.15) is 0 Å². The van der Waals surface area contributed by atoms with Crippen LogP contribution in [-0.2, 0) is 6.42 Å². The Labute approximate surface area is 88.5 Å². The van der Waals surface area contributed by atoms with Crippen LogP contribution in [0.25, 0.3) is 0 Å². The largest absolute Gasteiger partial charge is 0.0609 e. The van der Waals surface area contributed by atoms with E-state index in [9.17, 15) is 0 Å². The Morgan fingerprint density at radius 2 is 1.92 bits per heavy atom. The predicted octanol–water partition coefficient (Wildman–Crippen LogP) is 3.88. The van der Waals surface area contributed by atoms with Crippen molar-refractivity contribution in [1.82, 2.24) is 0 Å². The highest BCUT2D eigenvalue weighted by atomic mass is 127. The van der Waals surface area contributed by atoms with Gasteiger partial charge in [-0.25, -0.2) is 0 Å². The summed E-state index contributed by atoms with van der Waals surface area (Å²) in [7, 11) is 0. The molecule has 0 aliphatic carbocycles. The molecule has 1 rings (SSSR count). The summed E-state index contributed by atoms with van der Waals surface area (Å²) in [5.74, 6) is 0. The van der Waals surface area contributed by atoms with Gasteiger partial charge in [0.1, 0.15) is 0 Å². The van der Waals surface area contributed by atoms with Gasteiger partial charge in [0.25, 0.3) is 0 Å². The fourth-order valence-corrected chi connectivity index (χ4v) is 1.87. The smallest absolute Gasteiger partial charge is 0.0133 e. The molecule has 0 saturated carbocycles. The highest BCUT2D eigenvalue weighted by Gasteiger charge is 2.10. The minimum absolute atomic E-state index is 0.393. The first-order chi connectivity index (χ1) is 5.47. The minimum Gasteiger partial charge on any atom is -0.0609 e. The van der Waals surface area contributed by atoms with Crippen LogP contribution in [0.4, 0.5) is 0 Å². The van der Waals surface area contributed by atoms with Crippen molar-refractivity contribution in [3.63, 3.8) is 0 Å². The van der Waals surface area contributed by atoms with Gasteiger partial charge in [-0.3, -0.25) is 0 Å². The quantitative estimate of drug-likeness (QED) is 0.682. The van der Waals surface area contributed by atoms with Gasteiger partial charge in [-0.05, 0) is 52.1 Å². The summed E-state index contributed by atoms with van der Waals surface area (Å²) in [5.41, 5.74) is 1.83. The van der Waals surface area contributed by atoms with E-state index >= 15 is 0 Å². The predicted molar refractivity (Wildman–Crippen MR) is 62.3 cm³/mol. The lowest BCUT2D eigenvalue weighted by atomic mass is 9.88. The van der Waals surface area contributed by atoms with Crippen LogP contribution in [0.15, 0.2) is 24.3 Å². The van der Waals surface area contributed by atoms with Crippen LogP contribution in [-0.4, -0.2) is 0 Å². The van der Waals surface area contributed by atoms with E-state index in [1.807, 2.05) is 0 Å². The molecule has 0 atom stereocenters. The normalized spacial score (nSPS) is 11.7. The summed E-state index contributed by atoms with van der Waals surface area (Å²) in [4.78, 5) is 0. The van der Waals surface area contributed by atoms with E-state index in [-0.39, 0.29) is 0 Å². The van der Waals surface area contributed by atoms with Gasteiger partial charge in [0.15, 0.2) is 0 Å². The van der Waals surface area contributed by atoms with Crippen molar-refractivity contribution in [3.8, 4) is 0 Å². The molecule has 1 aromatic carbocycles. The molecule has 0 aliphatic rings. The maximum Gasteiger partial charge on any atom is 0.0133 e. The highest BCUT2D eigenvalue weighted by molar-refractivity contribution is 14.1. The maximum absolute atomic E-state index is 2.36. The zero-order valence-corrected chi connectivity index (χ0v) is 10.1. The van der Waals surface area contributed by atoms with Crippen LogP contribution in [0.3, 0.4) is 0 Å². The fraction of sp³-hybridized carbons (Fsp3) is 0.455. The van der Waals surface area contributed by atoms with E-state index in [2.05, 4.69) is 67.6 Å². The first kappa shape index (κ1) is 10.0. The van der Waals surface area contributed by atoms with E-state index in [0.717, 1.165) is 6.42 Å². The molecule has 0 bridgehead atoms. The van der Waals surface area contributed by atoms with Crippen LogP contribution in [0.2, 0.25) is 0 Å². The molecule has 12 heavy (non-hydrogen) atoms. The molecule has 0 N–H and O–H groups in total. The Morgan fingerprint density at radius 3 is 2.42 bits per heavy atom. The molecule has 0 spiro atoms. The number of benzene rings is 1. The second kappa shape index (κ2) is 3.77. The molecule has 0 heterocycles. The Hall–Kier alpha value is -0.0500. The van der Waals surface area contributed by atoms with Gasteiger partial charge in [0.2, 0.25) is 0 Å². The zero-order chi connectivity index (χ0) is 9.19. The fourth-order valence-electron chi connectivity index (χ4n) is 1.26. The molecule has 0 amide bonds. The van der Waals surface area contributed by atoms with E-state index < -0.39 is 0 Å². The van der Waals surface area contributed by atoms with Crippen molar-refractivity contribution in [2.75, 3.05) is 0 Å². The van der Waals surface area contributed by atoms with Crippen molar-refractivity contribution in [2.24, 2.45) is 5.41 Å². The van der Waals surface area contributed by atoms with Crippen LogP contribution in [0, 0.1) is 8.99 Å². The van der Waals surface area contributed by atoms with Crippen molar-refractivity contribution in [3.05, 3.63) is 33.4 Å². The van der Waals surface area contributed by atoms with Crippen LogP contribution >= 0.6 is 22.6 Å². The van der Waals surface area contributed by atoms with Gasteiger partial charge < -0.3 is 0 Å². The van der Waals surface area contributed by atoms with Crippen molar-refractivity contribution in [1.29, 1.82) is 0 Å². The summed E-state index contributed by atoms with van der Waals surface area (Å²) in [5, 5.41) is 0. The highest BCUT2D eigenvalue weighted by Crippen LogP contribution is 2.21. The zero-order valence-electron chi connectivity index (χ0n) is 7.89. The summed E-state index contributed by atoms with van der Waals surface area (Å²) >= 11 is 2.36. The molecule has 0 fully saturated rings. The SMILES string of the molecule is CC(C)(C)Cc1cccc(I)c1. The molecular weight excluding hydrogens is 259 g/mol. The van der Waals surface area contributed by atoms with Gasteiger partial charge >= 0.3 is 0 Å². The Balaban J connectivity index is 2.77. The molecule has 1 heteroatoms. The Morgan fingerprint density at radius 1 is 1.25 bits per heavy atom. The molecule has 1 aromatic rings.